The van der Waals surface area contributed by atoms with Crippen LogP contribution in [0.4, 0.5) is 0 Å². The van der Waals surface area contributed by atoms with Crippen molar-refractivity contribution in [2.24, 2.45) is 17.8 Å². The van der Waals surface area contributed by atoms with Gasteiger partial charge in [-0.1, -0.05) is 126 Å². The number of aryl methyl sites for hydroxylation is 1. The van der Waals surface area contributed by atoms with Crippen molar-refractivity contribution < 1.29 is 0 Å². The molecular formula is C37H46. The molecule has 3 aliphatic carbocycles. The first-order valence-electron chi connectivity index (χ1n) is 14.9. The molecule has 0 heterocycles. The Balaban J connectivity index is 1.55. The third kappa shape index (κ3) is 4.73. The van der Waals surface area contributed by atoms with Gasteiger partial charge in [0.05, 0.1) is 0 Å². The maximum atomic E-state index is 4.83. The summed E-state index contributed by atoms with van der Waals surface area (Å²) in [4.78, 5) is 0. The van der Waals surface area contributed by atoms with E-state index in [-0.39, 0.29) is 0 Å². The van der Waals surface area contributed by atoms with Gasteiger partial charge in [0.25, 0.3) is 0 Å². The fourth-order valence-corrected chi connectivity index (χ4v) is 8.09. The number of fused-ring (bicyclic) bond motifs is 2. The van der Waals surface area contributed by atoms with E-state index in [0.717, 1.165) is 25.7 Å². The van der Waals surface area contributed by atoms with Gasteiger partial charge >= 0.3 is 0 Å². The van der Waals surface area contributed by atoms with Crippen LogP contribution in [0.5, 0.6) is 0 Å². The summed E-state index contributed by atoms with van der Waals surface area (Å²) < 4.78 is 0. The molecule has 1 fully saturated rings. The van der Waals surface area contributed by atoms with Gasteiger partial charge in [0.1, 0.15) is 0 Å². The number of benzene rings is 2. The normalized spacial score (nSPS) is 29.8. The Labute approximate surface area is 226 Å². The fraction of sp³-hybridized carbons (Fsp3) is 0.459. The molecule has 0 nitrogen and oxygen atoms in total. The number of hydrogen-bond donors (Lipinski definition) is 0. The van der Waals surface area contributed by atoms with Crippen molar-refractivity contribution in [2.45, 2.75) is 90.4 Å². The van der Waals surface area contributed by atoms with Gasteiger partial charge in [0.15, 0.2) is 0 Å². The van der Waals surface area contributed by atoms with E-state index in [9.17, 15) is 0 Å². The summed E-state index contributed by atoms with van der Waals surface area (Å²) in [6, 6.07) is 18.4. The third-order valence-corrected chi connectivity index (χ3v) is 9.62. The lowest BCUT2D eigenvalue weighted by Crippen LogP contribution is -2.32. The molecule has 1 saturated carbocycles. The lowest BCUT2D eigenvalue weighted by molar-refractivity contribution is 0.321. The lowest BCUT2D eigenvalue weighted by atomic mass is 9.61. The summed E-state index contributed by atoms with van der Waals surface area (Å²) in [5.74, 6) is 3.03. The molecule has 0 radical (unpaired) electrons. The Morgan fingerprint density at radius 3 is 2.35 bits per heavy atom. The monoisotopic (exact) mass is 490 g/mol. The molecule has 6 atom stereocenters. The molecule has 0 heteroatoms. The predicted molar refractivity (Wildman–Crippen MR) is 160 cm³/mol. The van der Waals surface area contributed by atoms with Gasteiger partial charge in [-0.3, -0.25) is 0 Å². The number of allylic oxidation sites excluding steroid dienone is 6. The van der Waals surface area contributed by atoms with Gasteiger partial charge in [0, 0.05) is 17.8 Å². The highest BCUT2D eigenvalue weighted by Crippen LogP contribution is 2.58. The van der Waals surface area contributed by atoms with Crippen LogP contribution in [0.2, 0.25) is 0 Å². The summed E-state index contributed by atoms with van der Waals surface area (Å²) in [7, 11) is 0. The molecule has 0 N–H and O–H groups in total. The predicted octanol–water partition coefficient (Wildman–Crippen LogP) is 10.5. The van der Waals surface area contributed by atoms with Crippen LogP contribution in [0.25, 0.3) is 0 Å². The van der Waals surface area contributed by atoms with Crippen molar-refractivity contribution >= 4 is 0 Å². The Morgan fingerprint density at radius 1 is 0.946 bits per heavy atom. The van der Waals surface area contributed by atoms with Crippen LogP contribution in [0.3, 0.4) is 0 Å². The molecule has 0 aliphatic heterocycles. The first-order valence-corrected chi connectivity index (χ1v) is 14.9. The molecular weight excluding hydrogens is 444 g/mol. The molecule has 0 aromatic heterocycles. The minimum Gasteiger partial charge on any atom is -0.0995 e. The molecule has 5 rings (SSSR count). The minimum absolute atomic E-state index is 0.400. The first kappa shape index (κ1) is 26.0. The quantitative estimate of drug-likeness (QED) is 0.323. The average molecular weight is 491 g/mol. The van der Waals surface area contributed by atoms with E-state index in [4.69, 9.17) is 6.58 Å². The van der Waals surface area contributed by atoms with Crippen molar-refractivity contribution in [2.75, 3.05) is 0 Å². The molecule has 0 amide bonds. The summed E-state index contributed by atoms with van der Waals surface area (Å²) in [6.07, 6.45) is 13.5. The third-order valence-electron chi connectivity index (χ3n) is 9.62. The zero-order valence-corrected chi connectivity index (χ0v) is 23.6. The van der Waals surface area contributed by atoms with Crippen LogP contribution < -0.4 is 0 Å². The molecule has 6 unspecified atom stereocenters. The van der Waals surface area contributed by atoms with Crippen LogP contribution in [-0.4, -0.2) is 0 Å². The highest BCUT2D eigenvalue weighted by molar-refractivity contribution is 5.54. The van der Waals surface area contributed by atoms with E-state index in [0.29, 0.717) is 35.5 Å². The van der Waals surface area contributed by atoms with Crippen molar-refractivity contribution in [3.8, 4) is 0 Å². The van der Waals surface area contributed by atoms with Crippen molar-refractivity contribution in [1.29, 1.82) is 0 Å². The van der Waals surface area contributed by atoms with E-state index in [1.165, 1.54) is 47.1 Å². The molecule has 194 valence electrons. The zero-order valence-electron chi connectivity index (χ0n) is 23.6. The molecule has 0 saturated heterocycles. The van der Waals surface area contributed by atoms with E-state index >= 15 is 0 Å². The zero-order chi connectivity index (χ0) is 26.1. The van der Waals surface area contributed by atoms with Gasteiger partial charge in [-0.2, -0.15) is 0 Å². The molecule has 37 heavy (non-hydrogen) atoms. The standard InChI is InChI=1S/C37H46/c1-7-14-24(4)35-25(5)20-31-23-29(22-30-21-28(15-8-2)32-17-12-13-18-33(30)32)26(6)36(31)37(35)34-19-11-10-16-27(34)9-3/h10-13,16-20,22,25,28,30,35-37H,4,6-9,14-15,21,23H2,1-3,5H3/b29-22+. The summed E-state index contributed by atoms with van der Waals surface area (Å²) in [5, 5.41) is 0. The Morgan fingerprint density at radius 2 is 1.65 bits per heavy atom. The summed E-state index contributed by atoms with van der Waals surface area (Å²) in [6.45, 7) is 18.8. The second kappa shape index (κ2) is 11.0. The van der Waals surface area contributed by atoms with Gasteiger partial charge < -0.3 is 0 Å². The molecule has 2 aromatic carbocycles. The van der Waals surface area contributed by atoms with Crippen molar-refractivity contribution in [3.05, 3.63) is 118 Å². The Bertz CT molecular complexity index is 1220. The molecule has 3 aliphatic rings. The topological polar surface area (TPSA) is 0 Å². The second-order valence-corrected chi connectivity index (χ2v) is 11.9. The smallest absolute Gasteiger partial charge is 0.0123 e. The van der Waals surface area contributed by atoms with E-state index < -0.39 is 0 Å². The molecule has 0 spiro atoms. The van der Waals surface area contributed by atoms with Crippen LogP contribution in [0.15, 0.2) is 96.1 Å². The van der Waals surface area contributed by atoms with Crippen molar-refractivity contribution in [3.63, 3.8) is 0 Å². The van der Waals surface area contributed by atoms with Crippen LogP contribution in [0, 0.1) is 17.8 Å². The van der Waals surface area contributed by atoms with Crippen LogP contribution >= 0.6 is 0 Å². The molecule has 2 aromatic rings. The second-order valence-electron chi connectivity index (χ2n) is 11.9. The highest BCUT2D eigenvalue weighted by Gasteiger charge is 2.46. The lowest BCUT2D eigenvalue weighted by Gasteiger charge is -2.42. The SMILES string of the molecule is C=C1/C(=C/C2CC(CCC)c3ccccc32)CC2=CC(C)C(C(=C)CCC)C(c3ccccc3CC)C12. The maximum Gasteiger partial charge on any atom is 0.0123 e. The fourth-order valence-electron chi connectivity index (χ4n) is 8.09. The first-order chi connectivity index (χ1) is 18.0. The van der Waals surface area contributed by atoms with Gasteiger partial charge in [0.2, 0.25) is 0 Å². The van der Waals surface area contributed by atoms with Gasteiger partial charge in [-0.05, 0) is 83.3 Å². The van der Waals surface area contributed by atoms with E-state index in [1.54, 1.807) is 16.7 Å². The van der Waals surface area contributed by atoms with Crippen molar-refractivity contribution in [1.82, 2.24) is 0 Å². The van der Waals surface area contributed by atoms with Gasteiger partial charge in [-0.15, -0.1) is 0 Å². The van der Waals surface area contributed by atoms with Crippen LogP contribution in [-0.2, 0) is 6.42 Å². The minimum atomic E-state index is 0.400. The Hall–Kier alpha value is -2.60. The largest absolute Gasteiger partial charge is 0.0995 e. The van der Waals surface area contributed by atoms with E-state index in [1.807, 2.05) is 0 Å². The van der Waals surface area contributed by atoms with Gasteiger partial charge in [-0.25, -0.2) is 0 Å². The van der Waals surface area contributed by atoms with Crippen LogP contribution in [0.1, 0.15) is 106 Å². The number of rotatable bonds is 8. The highest BCUT2D eigenvalue weighted by atomic mass is 14.5. The van der Waals surface area contributed by atoms with E-state index in [2.05, 4.69) is 95.0 Å². The summed E-state index contributed by atoms with van der Waals surface area (Å²) in [5.41, 5.74) is 12.1. The number of hydrogen-bond acceptors (Lipinski definition) is 0. The summed E-state index contributed by atoms with van der Waals surface area (Å²) >= 11 is 0. The maximum absolute atomic E-state index is 4.83. The molecule has 0 bridgehead atoms. The Kier molecular flexibility index (Phi) is 7.75. The average Bonchev–Trinajstić information content (AvgIpc) is 3.40.